The molecule has 24 heavy (non-hydrogen) atoms. The zero-order chi connectivity index (χ0) is 18.4. The molecule has 0 fully saturated rings. The smallest absolute Gasteiger partial charge is 0.00462 e. The Morgan fingerprint density at radius 2 is 0.625 bits per heavy atom. The van der Waals surface area contributed by atoms with E-state index in [0.29, 0.717) is 0 Å². The van der Waals surface area contributed by atoms with Crippen molar-refractivity contribution in [2.45, 2.75) is 62.3 Å². The highest BCUT2D eigenvalue weighted by Gasteiger charge is 1.95. The monoisotopic (exact) mass is 378 g/mol. The molecule has 0 amide bonds. The van der Waals surface area contributed by atoms with Gasteiger partial charge in [-0.2, -0.15) is 0 Å². The Hall–Kier alpha value is -0.900. The van der Waals surface area contributed by atoms with E-state index in [-0.39, 0.29) is 0 Å². The van der Waals surface area contributed by atoms with Gasteiger partial charge in [0.05, 0.1) is 0 Å². The summed E-state index contributed by atoms with van der Waals surface area (Å²) in [5.41, 5.74) is 4.27. The standard InChI is InChI=1S/3C7H10S/c3*1-5-4-6(2)8-7(5)3/h3*4H,1-3H3. The normalized spacial score (nSPS) is 9.88. The summed E-state index contributed by atoms with van der Waals surface area (Å²) in [6.07, 6.45) is 0. The molecule has 3 heteroatoms. The SMILES string of the molecule is Cc1cc(C)c(C)s1.Cc1cc(C)c(C)s1.Cc1cc(C)c(C)s1. The second-order valence-electron chi connectivity index (χ2n) is 6.29. The van der Waals surface area contributed by atoms with Gasteiger partial charge in [-0.05, 0) is 97.2 Å². The van der Waals surface area contributed by atoms with Gasteiger partial charge in [0.1, 0.15) is 0 Å². The van der Waals surface area contributed by atoms with Gasteiger partial charge in [-0.15, -0.1) is 34.0 Å². The highest BCUT2D eigenvalue weighted by atomic mass is 32.1. The molecule has 3 aromatic heterocycles. The van der Waals surface area contributed by atoms with Crippen LogP contribution in [0.15, 0.2) is 18.2 Å². The number of hydrogen-bond acceptors (Lipinski definition) is 3. The zero-order valence-corrected chi connectivity index (χ0v) is 18.9. The van der Waals surface area contributed by atoms with Gasteiger partial charge in [0, 0.05) is 29.3 Å². The fraction of sp³-hybridized carbons (Fsp3) is 0.429. The van der Waals surface area contributed by atoms with Gasteiger partial charge in [-0.1, -0.05) is 0 Å². The van der Waals surface area contributed by atoms with Gasteiger partial charge < -0.3 is 0 Å². The van der Waals surface area contributed by atoms with E-state index >= 15 is 0 Å². The van der Waals surface area contributed by atoms with E-state index in [9.17, 15) is 0 Å². The summed E-state index contributed by atoms with van der Waals surface area (Å²) in [5, 5.41) is 0. The van der Waals surface area contributed by atoms with Crippen molar-refractivity contribution in [2.75, 3.05) is 0 Å². The third kappa shape index (κ3) is 6.92. The molecule has 0 spiro atoms. The first-order chi connectivity index (χ1) is 11.1. The van der Waals surface area contributed by atoms with Crippen LogP contribution in [-0.2, 0) is 0 Å². The van der Waals surface area contributed by atoms with Crippen molar-refractivity contribution in [3.63, 3.8) is 0 Å². The van der Waals surface area contributed by atoms with Crippen LogP contribution in [0.1, 0.15) is 46.0 Å². The minimum absolute atomic E-state index is 1.42. The maximum Gasteiger partial charge on any atom is 0.00462 e. The van der Waals surface area contributed by atoms with Gasteiger partial charge in [0.15, 0.2) is 0 Å². The molecular weight excluding hydrogens is 348 g/mol. The van der Waals surface area contributed by atoms with Crippen LogP contribution in [0.3, 0.4) is 0 Å². The van der Waals surface area contributed by atoms with E-state index < -0.39 is 0 Å². The van der Waals surface area contributed by atoms with Crippen molar-refractivity contribution in [3.8, 4) is 0 Å². The van der Waals surface area contributed by atoms with E-state index in [1.165, 1.54) is 46.0 Å². The van der Waals surface area contributed by atoms with Gasteiger partial charge >= 0.3 is 0 Å². The van der Waals surface area contributed by atoms with Gasteiger partial charge in [-0.25, -0.2) is 0 Å². The van der Waals surface area contributed by atoms with Crippen molar-refractivity contribution in [1.82, 2.24) is 0 Å². The van der Waals surface area contributed by atoms with Gasteiger partial charge in [0.2, 0.25) is 0 Å². The van der Waals surface area contributed by atoms with E-state index in [1.807, 2.05) is 34.0 Å². The van der Waals surface area contributed by atoms with Crippen molar-refractivity contribution in [3.05, 3.63) is 64.2 Å². The third-order valence-electron chi connectivity index (χ3n) is 3.87. The number of thiophene rings is 3. The molecule has 0 unspecified atom stereocenters. The molecule has 0 radical (unpaired) electrons. The van der Waals surface area contributed by atoms with Crippen LogP contribution in [0.5, 0.6) is 0 Å². The first-order valence-corrected chi connectivity index (χ1v) is 10.7. The molecule has 0 aromatic carbocycles. The molecule has 0 bridgehead atoms. The van der Waals surface area contributed by atoms with Crippen LogP contribution in [0, 0.1) is 62.3 Å². The lowest BCUT2D eigenvalue weighted by Crippen LogP contribution is -1.62. The average molecular weight is 379 g/mol. The molecule has 0 aliphatic heterocycles. The predicted octanol–water partition coefficient (Wildman–Crippen LogP) is 8.02. The number of aryl methyl sites for hydroxylation is 9. The lowest BCUT2D eigenvalue weighted by molar-refractivity contribution is 1.43. The van der Waals surface area contributed by atoms with Crippen molar-refractivity contribution < 1.29 is 0 Å². The molecule has 0 aliphatic rings. The van der Waals surface area contributed by atoms with Gasteiger partial charge in [-0.3, -0.25) is 0 Å². The minimum Gasteiger partial charge on any atom is -0.146 e. The molecule has 0 aliphatic carbocycles. The molecule has 0 atom stereocenters. The Morgan fingerprint density at radius 3 is 0.667 bits per heavy atom. The van der Waals surface area contributed by atoms with Crippen molar-refractivity contribution in [2.24, 2.45) is 0 Å². The molecule has 0 saturated heterocycles. The van der Waals surface area contributed by atoms with Crippen molar-refractivity contribution >= 4 is 34.0 Å². The summed E-state index contributed by atoms with van der Waals surface area (Å²) >= 11 is 5.61. The van der Waals surface area contributed by atoms with Crippen LogP contribution in [0.4, 0.5) is 0 Å². The first-order valence-electron chi connectivity index (χ1n) is 8.21. The summed E-state index contributed by atoms with van der Waals surface area (Å²) in [7, 11) is 0. The van der Waals surface area contributed by atoms with Crippen LogP contribution in [0.25, 0.3) is 0 Å². The molecule has 0 nitrogen and oxygen atoms in total. The van der Waals surface area contributed by atoms with E-state index in [0.717, 1.165) is 0 Å². The summed E-state index contributed by atoms with van der Waals surface area (Å²) in [6.45, 7) is 19.4. The lowest BCUT2D eigenvalue weighted by atomic mass is 10.3. The van der Waals surface area contributed by atoms with Gasteiger partial charge in [0.25, 0.3) is 0 Å². The lowest BCUT2D eigenvalue weighted by Gasteiger charge is -1.79. The van der Waals surface area contributed by atoms with Crippen LogP contribution in [-0.4, -0.2) is 0 Å². The Balaban J connectivity index is 0.000000180. The van der Waals surface area contributed by atoms with Crippen molar-refractivity contribution in [1.29, 1.82) is 0 Å². The highest BCUT2D eigenvalue weighted by molar-refractivity contribution is 7.12. The Kier molecular flexibility index (Phi) is 8.41. The maximum atomic E-state index is 2.22. The second kappa shape index (κ2) is 9.55. The Morgan fingerprint density at radius 1 is 0.417 bits per heavy atom. The van der Waals surface area contributed by atoms with E-state index in [1.54, 1.807) is 0 Å². The third-order valence-corrected chi connectivity index (χ3v) is 7.07. The van der Waals surface area contributed by atoms with E-state index in [4.69, 9.17) is 0 Å². The number of hydrogen-bond donors (Lipinski definition) is 0. The van der Waals surface area contributed by atoms with Crippen LogP contribution >= 0.6 is 34.0 Å². The Labute approximate surface area is 160 Å². The molecule has 132 valence electrons. The molecule has 3 aromatic rings. The maximum absolute atomic E-state index is 2.22. The van der Waals surface area contributed by atoms with E-state index in [2.05, 4.69) is 80.5 Å². The fourth-order valence-electron chi connectivity index (χ4n) is 2.27. The fourth-order valence-corrected chi connectivity index (χ4v) is 5.09. The molecular formula is C21H30S3. The minimum atomic E-state index is 1.42. The number of rotatable bonds is 0. The summed E-state index contributed by atoms with van der Waals surface area (Å²) in [5.74, 6) is 0. The molecule has 0 saturated carbocycles. The largest absolute Gasteiger partial charge is 0.146 e. The molecule has 0 N–H and O–H groups in total. The quantitative estimate of drug-likeness (QED) is 0.371. The topological polar surface area (TPSA) is 0 Å². The molecule has 3 rings (SSSR count). The molecule has 3 heterocycles. The predicted molar refractivity (Wildman–Crippen MR) is 116 cm³/mol. The summed E-state index contributed by atoms with van der Waals surface area (Å²) < 4.78 is 0. The highest BCUT2D eigenvalue weighted by Crippen LogP contribution is 2.19. The van der Waals surface area contributed by atoms with Crippen LogP contribution in [0.2, 0.25) is 0 Å². The zero-order valence-electron chi connectivity index (χ0n) is 16.5. The summed E-state index contributed by atoms with van der Waals surface area (Å²) in [6, 6.07) is 6.67. The summed E-state index contributed by atoms with van der Waals surface area (Å²) in [4.78, 5) is 8.59. The first kappa shape index (κ1) is 21.1. The Bertz CT molecular complexity index is 606. The second-order valence-corrected chi connectivity index (χ2v) is 10.7. The average Bonchev–Trinajstić information content (AvgIpc) is 3.01. The van der Waals surface area contributed by atoms with Crippen LogP contribution < -0.4 is 0 Å².